The zero-order chi connectivity index (χ0) is 17.6. The van der Waals surface area contributed by atoms with Crippen LogP contribution in [0.5, 0.6) is 0 Å². The lowest BCUT2D eigenvalue weighted by Gasteiger charge is -1.99. The molecular formula is C18H12ClFN2O2S. The lowest BCUT2D eigenvalue weighted by Crippen LogP contribution is -2.17. The van der Waals surface area contributed by atoms with Gasteiger partial charge in [0.1, 0.15) is 11.6 Å². The van der Waals surface area contributed by atoms with Gasteiger partial charge in [-0.15, -0.1) is 0 Å². The van der Waals surface area contributed by atoms with E-state index in [9.17, 15) is 9.18 Å². The molecule has 0 atom stereocenters. The van der Waals surface area contributed by atoms with Gasteiger partial charge in [-0.25, -0.2) is 9.82 Å². The first-order chi connectivity index (χ1) is 12.1. The van der Waals surface area contributed by atoms with Gasteiger partial charge in [0.05, 0.1) is 6.21 Å². The summed E-state index contributed by atoms with van der Waals surface area (Å²) >= 11 is 7.29. The minimum atomic E-state index is -0.502. The molecule has 3 rings (SSSR count). The third kappa shape index (κ3) is 4.95. The van der Waals surface area contributed by atoms with E-state index in [1.807, 2.05) is 12.1 Å². The highest BCUT2D eigenvalue weighted by Gasteiger charge is 2.06. The molecule has 0 saturated carbocycles. The Morgan fingerprint density at radius 1 is 1.16 bits per heavy atom. The van der Waals surface area contributed by atoms with Crippen molar-refractivity contribution in [3.05, 3.63) is 82.8 Å². The van der Waals surface area contributed by atoms with E-state index in [1.54, 1.807) is 24.3 Å². The fraction of sp³-hybridized carbons (Fsp3) is 0. The SMILES string of the molecule is O=C(N/N=C\c1ccc(Sc2ccc(Cl)cc2)o1)c1cccc(F)c1. The van der Waals surface area contributed by atoms with Crippen LogP contribution in [-0.4, -0.2) is 12.1 Å². The summed E-state index contributed by atoms with van der Waals surface area (Å²) in [5.74, 6) is -0.499. The average Bonchev–Trinajstić information content (AvgIpc) is 3.04. The second-order valence-corrected chi connectivity index (χ2v) is 6.44. The van der Waals surface area contributed by atoms with E-state index >= 15 is 0 Å². The number of hydrogen-bond acceptors (Lipinski definition) is 4. The van der Waals surface area contributed by atoms with Crippen LogP contribution in [0.1, 0.15) is 16.1 Å². The highest BCUT2D eigenvalue weighted by molar-refractivity contribution is 7.99. The highest BCUT2D eigenvalue weighted by atomic mass is 35.5. The molecule has 0 aliphatic carbocycles. The Bertz CT molecular complexity index is 909. The highest BCUT2D eigenvalue weighted by Crippen LogP contribution is 2.29. The maximum atomic E-state index is 13.1. The van der Waals surface area contributed by atoms with Crippen LogP contribution in [0, 0.1) is 5.82 Å². The second-order valence-electron chi connectivity index (χ2n) is 4.92. The van der Waals surface area contributed by atoms with Crippen LogP contribution in [0.4, 0.5) is 4.39 Å². The van der Waals surface area contributed by atoms with Gasteiger partial charge in [0.2, 0.25) is 0 Å². The Labute approximate surface area is 152 Å². The molecule has 0 aliphatic heterocycles. The Morgan fingerprint density at radius 2 is 1.96 bits per heavy atom. The van der Waals surface area contributed by atoms with Gasteiger partial charge < -0.3 is 4.42 Å². The van der Waals surface area contributed by atoms with E-state index in [-0.39, 0.29) is 5.56 Å². The monoisotopic (exact) mass is 374 g/mol. The summed E-state index contributed by atoms with van der Waals surface area (Å²) in [5, 5.41) is 5.16. The van der Waals surface area contributed by atoms with Crippen molar-refractivity contribution in [2.45, 2.75) is 9.99 Å². The van der Waals surface area contributed by atoms with Crippen molar-refractivity contribution in [2.75, 3.05) is 0 Å². The number of hydrazone groups is 1. The molecular weight excluding hydrogens is 363 g/mol. The van der Waals surface area contributed by atoms with Crippen molar-refractivity contribution < 1.29 is 13.6 Å². The van der Waals surface area contributed by atoms with Gasteiger partial charge in [0.25, 0.3) is 5.91 Å². The molecule has 0 saturated heterocycles. The number of hydrogen-bond donors (Lipinski definition) is 1. The third-order valence-corrected chi connectivity index (χ3v) is 4.26. The fourth-order valence-corrected chi connectivity index (χ4v) is 2.83. The number of nitrogens with zero attached hydrogens (tertiary/aromatic N) is 1. The van der Waals surface area contributed by atoms with Crippen molar-refractivity contribution in [1.29, 1.82) is 0 Å². The molecule has 2 aromatic carbocycles. The maximum Gasteiger partial charge on any atom is 0.271 e. The first-order valence-electron chi connectivity index (χ1n) is 7.22. The zero-order valence-corrected chi connectivity index (χ0v) is 14.4. The van der Waals surface area contributed by atoms with E-state index in [0.29, 0.717) is 15.9 Å². The predicted molar refractivity (Wildman–Crippen MR) is 95.7 cm³/mol. The van der Waals surface area contributed by atoms with E-state index in [4.69, 9.17) is 16.0 Å². The Hall–Kier alpha value is -2.57. The summed E-state index contributed by atoms with van der Waals surface area (Å²) in [6.07, 6.45) is 1.38. The van der Waals surface area contributed by atoms with Crippen molar-refractivity contribution in [2.24, 2.45) is 5.10 Å². The van der Waals surface area contributed by atoms with E-state index in [2.05, 4.69) is 10.5 Å². The molecule has 0 aliphatic rings. The first-order valence-corrected chi connectivity index (χ1v) is 8.42. The maximum absolute atomic E-state index is 13.1. The first kappa shape index (κ1) is 17.3. The number of carbonyl (C=O) groups is 1. The molecule has 1 aromatic heterocycles. The summed E-state index contributed by atoms with van der Waals surface area (Å²) in [6, 6.07) is 16.3. The number of amides is 1. The minimum Gasteiger partial charge on any atom is -0.448 e. The number of benzene rings is 2. The lowest BCUT2D eigenvalue weighted by atomic mass is 10.2. The minimum absolute atomic E-state index is 0.190. The summed E-state index contributed by atoms with van der Waals surface area (Å²) in [5.41, 5.74) is 2.51. The molecule has 0 unspecified atom stereocenters. The van der Waals surface area contributed by atoms with Crippen molar-refractivity contribution in [3.8, 4) is 0 Å². The Balaban J connectivity index is 1.58. The molecule has 126 valence electrons. The predicted octanol–water partition coefficient (Wildman–Crippen LogP) is 4.99. The van der Waals surface area contributed by atoms with Gasteiger partial charge in [0, 0.05) is 15.5 Å². The standard InChI is InChI=1S/C18H12ClFN2O2S/c19-13-4-7-16(8-5-13)25-17-9-6-15(24-17)11-21-22-18(23)12-2-1-3-14(20)10-12/h1-11H,(H,22,23)/b21-11-. The third-order valence-electron chi connectivity index (χ3n) is 3.08. The number of halogens is 2. The van der Waals surface area contributed by atoms with Gasteiger partial charge in [-0.1, -0.05) is 29.4 Å². The zero-order valence-electron chi connectivity index (χ0n) is 12.8. The molecule has 1 heterocycles. The summed E-state index contributed by atoms with van der Waals surface area (Å²) in [7, 11) is 0. The van der Waals surface area contributed by atoms with Crippen LogP contribution in [0.2, 0.25) is 5.02 Å². The lowest BCUT2D eigenvalue weighted by molar-refractivity contribution is 0.0954. The molecule has 0 fully saturated rings. The van der Waals surface area contributed by atoms with Gasteiger partial charge in [-0.05, 0) is 54.6 Å². The summed E-state index contributed by atoms with van der Waals surface area (Å²) in [6.45, 7) is 0. The van der Waals surface area contributed by atoms with Crippen LogP contribution < -0.4 is 5.43 Å². The smallest absolute Gasteiger partial charge is 0.271 e. The fourth-order valence-electron chi connectivity index (χ4n) is 1.93. The topological polar surface area (TPSA) is 54.6 Å². The number of rotatable bonds is 5. The van der Waals surface area contributed by atoms with Crippen LogP contribution in [0.25, 0.3) is 0 Å². The summed E-state index contributed by atoms with van der Waals surface area (Å²) in [4.78, 5) is 12.8. The average molecular weight is 375 g/mol. The molecule has 1 N–H and O–H groups in total. The molecule has 0 bridgehead atoms. The van der Waals surface area contributed by atoms with Gasteiger partial charge in [-0.2, -0.15) is 5.10 Å². The largest absolute Gasteiger partial charge is 0.448 e. The molecule has 4 nitrogen and oxygen atoms in total. The van der Waals surface area contributed by atoms with E-state index in [0.717, 1.165) is 11.0 Å². The molecule has 7 heteroatoms. The molecule has 1 amide bonds. The van der Waals surface area contributed by atoms with Crippen LogP contribution in [-0.2, 0) is 0 Å². The number of furan rings is 1. The number of carbonyl (C=O) groups excluding carboxylic acids is 1. The van der Waals surface area contributed by atoms with E-state index < -0.39 is 11.7 Å². The van der Waals surface area contributed by atoms with Crippen molar-refractivity contribution in [3.63, 3.8) is 0 Å². The van der Waals surface area contributed by atoms with Crippen molar-refractivity contribution >= 4 is 35.5 Å². The Morgan fingerprint density at radius 3 is 2.72 bits per heavy atom. The normalized spacial score (nSPS) is 11.0. The van der Waals surface area contributed by atoms with Crippen LogP contribution in [0.15, 0.2) is 80.2 Å². The second kappa shape index (κ2) is 8.00. The van der Waals surface area contributed by atoms with E-state index in [1.165, 1.54) is 36.2 Å². The number of nitrogens with one attached hydrogen (secondary N) is 1. The van der Waals surface area contributed by atoms with Crippen LogP contribution in [0.3, 0.4) is 0 Å². The molecule has 0 spiro atoms. The molecule has 25 heavy (non-hydrogen) atoms. The Kier molecular flexibility index (Phi) is 5.53. The summed E-state index contributed by atoms with van der Waals surface area (Å²) < 4.78 is 18.7. The molecule has 0 radical (unpaired) electrons. The van der Waals surface area contributed by atoms with Crippen molar-refractivity contribution in [1.82, 2.24) is 5.43 Å². The quantitative estimate of drug-likeness (QED) is 0.505. The van der Waals surface area contributed by atoms with Crippen LogP contribution >= 0.6 is 23.4 Å². The van der Waals surface area contributed by atoms with Gasteiger partial charge in [-0.3, -0.25) is 4.79 Å². The van der Waals surface area contributed by atoms with Gasteiger partial charge >= 0.3 is 0 Å². The molecule has 3 aromatic rings. The van der Waals surface area contributed by atoms with Gasteiger partial charge in [0.15, 0.2) is 5.09 Å².